The smallest absolute Gasteiger partial charge is 0.289 e. The molecule has 0 bridgehead atoms. The van der Waals surface area contributed by atoms with E-state index in [1.54, 1.807) is 19.1 Å². The highest BCUT2D eigenvalue weighted by Gasteiger charge is 2.15. The van der Waals surface area contributed by atoms with E-state index in [1.807, 2.05) is 0 Å². The van der Waals surface area contributed by atoms with E-state index in [1.165, 1.54) is 24.3 Å². The third-order valence-corrected chi connectivity index (χ3v) is 3.47. The van der Waals surface area contributed by atoms with Crippen LogP contribution < -0.4 is 5.32 Å². The Bertz CT molecular complexity index is 772. The minimum Gasteiger partial charge on any atom is -0.355 e. The summed E-state index contributed by atoms with van der Waals surface area (Å²) < 4.78 is 13.9. The third-order valence-electron chi connectivity index (χ3n) is 2.86. The van der Waals surface area contributed by atoms with Gasteiger partial charge in [0.25, 0.3) is 5.69 Å². The van der Waals surface area contributed by atoms with Gasteiger partial charge in [-0.25, -0.2) is 4.39 Å². The number of nitrogens with zero attached hydrogens (tertiary/aromatic N) is 2. The van der Waals surface area contributed by atoms with Crippen molar-refractivity contribution in [2.45, 2.75) is 6.92 Å². The number of hydrogen-bond acceptors (Lipinski definition) is 4. The number of anilines is 2. The first-order valence-corrected chi connectivity index (χ1v) is 6.63. The molecule has 0 fully saturated rings. The number of aryl methyl sites for hydroxylation is 1. The predicted molar refractivity (Wildman–Crippen MR) is 79.9 cm³/mol. The lowest BCUT2D eigenvalue weighted by molar-refractivity contribution is -0.385. The topological polar surface area (TPSA) is 79.0 Å². The van der Waals surface area contributed by atoms with Crippen LogP contribution in [0.2, 0.25) is 0 Å². The highest BCUT2D eigenvalue weighted by Crippen LogP contribution is 2.29. The fraction of sp³-hybridized carbons (Fsp3) is 0.0714. The van der Waals surface area contributed by atoms with Crippen LogP contribution in [0.4, 0.5) is 21.5 Å². The van der Waals surface area contributed by atoms with Crippen molar-refractivity contribution in [3.8, 4) is 6.07 Å². The molecule has 0 aliphatic heterocycles. The number of halogens is 2. The van der Waals surface area contributed by atoms with Crippen LogP contribution in [-0.2, 0) is 0 Å². The number of hydrogen-bond donors (Lipinski definition) is 1. The lowest BCUT2D eigenvalue weighted by atomic mass is 10.1. The van der Waals surface area contributed by atoms with E-state index < -0.39 is 10.7 Å². The summed E-state index contributed by atoms with van der Waals surface area (Å²) in [5, 5.41) is 22.7. The molecule has 7 heteroatoms. The van der Waals surface area contributed by atoms with Crippen molar-refractivity contribution in [1.29, 1.82) is 5.26 Å². The van der Waals surface area contributed by atoms with Gasteiger partial charge in [-0.1, -0.05) is 0 Å². The molecule has 0 atom stereocenters. The van der Waals surface area contributed by atoms with E-state index in [0.717, 1.165) is 5.56 Å². The molecule has 1 N–H and O–H groups in total. The molecule has 0 saturated carbocycles. The molecule has 0 radical (unpaired) electrons. The number of nitriles is 1. The monoisotopic (exact) mass is 349 g/mol. The quantitative estimate of drug-likeness (QED) is 0.656. The van der Waals surface area contributed by atoms with Crippen molar-refractivity contribution >= 4 is 33.0 Å². The molecule has 0 aliphatic carbocycles. The fourth-order valence-electron chi connectivity index (χ4n) is 1.79. The number of benzene rings is 2. The zero-order valence-electron chi connectivity index (χ0n) is 10.9. The van der Waals surface area contributed by atoms with E-state index in [-0.39, 0.29) is 11.3 Å². The van der Waals surface area contributed by atoms with Crippen molar-refractivity contribution in [1.82, 2.24) is 0 Å². The van der Waals surface area contributed by atoms with Gasteiger partial charge in [-0.15, -0.1) is 0 Å². The van der Waals surface area contributed by atoms with Crippen LogP contribution in [0.5, 0.6) is 0 Å². The standard InChI is InChI=1S/C14H9BrFN3O2/c1-8-4-11(15)12(16)6-13(8)18-10-3-2-9(7-17)14(5-10)19(20)21/h2-6,18H,1H3. The first kappa shape index (κ1) is 14.9. The summed E-state index contributed by atoms with van der Waals surface area (Å²) in [5.41, 5.74) is 1.36. The Morgan fingerprint density at radius 2 is 2.10 bits per heavy atom. The van der Waals surface area contributed by atoms with Crippen LogP contribution >= 0.6 is 15.9 Å². The van der Waals surface area contributed by atoms with E-state index >= 15 is 0 Å². The summed E-state index contributed by atoms with van der Waals surface area (Å²) in [6.45, 7) is 1.78. The van der Waals surface area contributed by atoms with Gasteiger partial charge in [0.1, 0.15) is 17.4 Å². The highest BCUT2D eigenvalue weighted by molar-refractivity contribution is 9.10. The lowest BCUT2D eigenvalue weighted by Crippen LogP contribution is -1.98. The summed E-state index contributed by atoms with van der Waals surface area (Å²) in [4.78, 5) is 10.3. The highest BCUT2D eigenvalue weighted by atomic mass is 79.9. The first-order valence-electron chi connectivity index (χ1n) is 5.83. The molecular weight excluding hydrogens is 341 g/mol. The van der Waals surface area contributed by atoms with Crippen molar-refractivity contribution in [2.75, 3.05) is 5.32 Å². The number of nitrogens with one attached hydrogen (secondary N) is 1. The van der Waals surface area contributed by atoms with Crippen LogP contribution in [0.25, 0.3) is 0 Å². The van der Waals surface area contributed by atoms with Gasteiger partial charge >= 0.3 is 0 Å². The second kappa shape index (κ2) is 5.89. The molecule has 0 aromatic heterocycles. The maximum absolute atomic E-state index is 13.5. The van der Waals surface area contributed by atoms with Crippen LogP contribution in [0.1, 0.15) is 11.1 Å². The second-order valence-corrected chi connectivity index (χ2v) is 5.16. The molecule has 2 aromatic rings. The van der Waals surface area contributed by atoms with E-state index in [0.29, 0.717) is 15.8 Å². The van der Waals surface area contributed by atoms with Crippen molar-refractivity contribution in [2.24, 2.45) is 0 Å². The van der Waals surface area contributed by atoms with Gasteiger partial charge in [0, 0.05) is 17.4 Å². The Kier molecular flexibility index (Phi) is 4.19. The van der Waals surface area contributed by atoms with Gasteiger partial charge in [0.2, 0.25) is 0 Å². The maximum atomic E-state index is 13.5. The van der Waals surface area contributed by atoms with E-state index in [2.05, 4.69) is 21.2 Å². The fourth-order valence-corrected chi connectivity index (χ4v) is 2.25. The van der Waals surface area contributed by atoms with Crippen LogP contribution in [-0.4, -0.2) is 4.92 Å². The number of rotatable bonds is 3. The summed E-state index contributed by atoms with van der Waals surface area (Å²) in [5.74, 6) is -0.439. The number of nitro groups is 1. The molecule has 0 spiro atoms. The van der Waals surface area contributed by atoms with Crippen LogP contribution in [0, 0.1) is 34.2 Å². The summed E-state index contributed by atoms with van der Waals surface area (Å²) in [6, 6.07) is 8.80. The van der Waals surface area contributed by atoms with Gasteiger partial charge < -0.3 is 5.32 Å². The molecule has 0 amide bonds. The van der Waals surface area contributed by atoms with E-state index in [4.69, 9.17) is 5.26 Å². The normalized spacial score (nSPS) is 10.0. The SMILES string of the molecule is Cc1cc(Br)c(F)cc1Nc1ccc(C#N)c([N+](=O)[O-])c1. The predicted octanol–water partition coefficient (Wildman–Crippen LogP) is 4.42. The molecule has 5 nitrogen and oxygen atoms in total. The molecular formula is C14H9BrFN3O2. The number of nitro benzene ring substituents is 1. The van der Waals surface area contributed by atoms with Crippen molar-refractivity contribution < 1.29 is 9.31 Å². The largest absolute Gasteiger partial charge is 0.355 e. The molecule has 21 heavy (non-hydrogen) atoms. The van der Waals surface area contributed by atoms with Crippen LogP contribution in [0.15, 0.2) is 34.8 Å². The summed E-state index contributed by atoms with van der Waals surface area (Å²) in [6.07, 6.45) is 0. The summed E-state index contributed by atoms with van der Waals surface area (Å²) >= 11 is 3.09. The Morgan fingerprint density at radius 1 is 1.38 bits per heavy atom. The maximum Gasteiger partial charge on any atom is 0.289 e. The van der Waals surface area contributed by atoms with Gasteiger partial charge in [0.15, 0.2) is 0 Å². The molecule has 2 rings (SSSR count). The Labute approximate surface area is 128 Å². The average Bonchev–Trinajstić information content (AvgIpc) is 2.44. The lowest BCUT2D eigenvalue weighted by Gasteiger charge is -2.10. The molecule has 2 aromatic carbocycles. The molecule has 0 heterocycles. The molecule has 0 aliphatic rings. The van der Waals surface area contributed by atoms with Crippen LogP contribution in [0.3, 0.4) is 0 Å². The molecule has 0 saturated heterocycles. The van der Waals surface area contributed by atoms with Gasteiger partial charge in [0.05, 0.1) is 9.40 Å². The van der Waals surface area contributed by atoms with Gasteiger partial charge in [-0.2, -0.15) is 5.26 Å². The van der Waals surface area contributed by atoms with E-state index in [9.17, 15) is 14.5 Å². The zero-order chi connectivity index (χ0) is 15.6. The summed E-state index contributed by atoms with van der Waals surface area (Å²) in [7, 11) is 0. The third kappa shape index (κ3) is 3.17. The minimum atomic E-state index is -0.626. The Morgan fingerprint density at radius 3 is 2.71 bits per heavy atom. The minimum absolute atomic E-state index is 0.0238. The van der Waals surface area contributed by atoms with Crippen molar-refractivity contribution in [3.63, 3.8) is 0 Å². The van der Waals surface area contributed by atoms with Gasteiger partial charge in [-0.3, -0.25) is 10.1 Å². The molecule has 106 valence electrons. The average molecular weight is 350 g/mol. The first-order chi connectivity index (χ1) is 9.92. The van der Waals surface area contributed by atoms with Crippen molar-refractivity contribution in [3.05, 3.63) is 61.9 Å². The zero-order valence-corrected chi connectivity index (χ0v) is 12.4. The molecule has 0 unspecified atom stereocenters. The second-order valence-electron chi connectivity index (χ2n) is 4.31. The van der Waals surface area contributed by atoms with Gasteiger partial charge in [-0.05, 0) is 52.7 Å². The Hall–Kier alpha value is -2.46. The Balaban J connectivity index is 2.41.